The van der Waals surface area contributed by atoms with Gasteiger partial charge in [-0.1, -0.05) is 25.4 Å². The third kappa shape index (κ3) is 5.28. The molecule has 0 bridgehead atoms. The van der Waals surface area contributed by atoms with Crippen molar-refractivity contribution in [3.63, 3.8) is 0 Å². The lowest BCUT2D eigenvalue weighted by atomic mass is 10.1. The van der Waals surface area contributed by atoms with Gasteiger partial charge in [0.15, 0.2) is 0 Å². The molecule has 0 aliphatic rings. The third-order valence-corrected chi connectivity index (χ3v) is 4.18. The van der Waals surface area contributed by atoms with Crippen molar-refractivity contribution in [2.75, 3.05) is 26.8 Å². The van der Waals surface area contributed by atoms with E-state index in [0.717, 1.165) is 3.57 Å². The molecule has 0 aliphatic carbocycles. The van der Waals surface area contributed by atoms with E-state index in [4.69, 9.17) is 16.3 Å². The number of nitrogens with zero attached hydrogens (tertiary/aromatic N) is 1. The molecule has 0 spiro atoms. The van der Waals surface area contributed by atoms with Gasteiger partial charge in [0.1, 0.15) is 0 Å². The predicted octanol–water partition coefficient (Wildman–Crippen LogP) is 3.69. The molecule has 0 aliphatic heterocycles. The number of hydrogen-bond donors (Lipinski definition) is 0. The molecule has 5 heteroatoms. The molecular formula is C14H19ClINO2. The van der Waals surface area contributed by atoms with Crippen LogP contribution < -0.4 is 0 Å². The zero-order chi connectivity index (χ0) is 14.4. The minimum atomic E-state index is 0.00375. The molecule has 0 N–H and O–H groups in total. The first kappa shape index (κ1) is 16.7. The molecule has 0 aromatic heterocycles. The van der Waals surface area contributed by atoms with Crippen molar-refractivity contribution in [3.05, 3.63) is 32.4 Å². The molecule has 1 aromatic carbocycles. The molecule has 1 rings (SSSR count). The molecule has 1 amide bonds. The van der Waals surface area contributed by atoms with Crippen LogP contribution in [0.3, 0.4) is 0 Å². The van der Waals surface area contributed by atoms with E-state index in [1.165, 1.54) is 0 Å². The van der Waals surface area contributed by atoms with Crippen molar-refractivity contribution >= 4 is 40.1 Å². The molecule has 0 unspecified atom stereocenters. The lowest BCUT2D eigenvalue weighted by Crippen LogP contribution is -2.36. The minimum Gasteiger partial charge on any atom is -0.383 e. The van der Waals surface area contributed by atoms with Gasteiger partial charge in [0.25, 0.3) is 5.91 Å². The Bertz CT molecular complexity index is 437. The summed E-state index contributed by atoms with van der Waals surface area (Å²) < 4.78 is 6.01. The van der Waals surface area contributed by atoms with Gasteiger partial charge in [-0.3, -0.25) is 4.79 Å². The number of amides is 1. The highest BCUT2D eigenvalue weighted by Gasteiger charge is 2.17. The average molecular weight is 396 g/mol. The molecule has 19 heavy (non-hydrogen) atoms. The predicted molar refractivity (Wildman–Crippen MR) is 86.8 cm³/mol. The summed E-state index contributed by atoms with van der Waals surface area (Å²) in [5.41, 5.74) is 0.627. The highest BCUT2D eigenvalue weighted by Crippen LogP contribution is 2.20. The standard InChI is InChI=1S/C14H19ClINO2/c1-10(2)9-17(6-7-19-3)14(18)11-4-5-13(16)12(15)8-11/h4-5,8,10H,6-7,9H2,1-3H3. The number of benzene rings is 1. The van der Waals surface area contributed by atoms with Crippen molar-refractivity contribution in [2.24, 2.45) is 5.92 Å². The van der Waals surface area contributed by atoms with E-state index in [2.05, 4.69) is 36.4 Å². The number of methoxy groups -OCH3 is 1. The SMILES string of the molecule is COCCN(CC(C)C)C(=O)c1ccc(I)c(Cl)c1. The van der Waals surface area contributed by atoms with E-state index in [1.807, 2.05) is 17.0 Å². The highest BCUT2D eigenvalue weighted by atomic mass is 127. The summed E-state index contributed by atoms with van der Waals surface area (Å²) in [6.07, 6.45) is 0. The average Bonchev–Trinajstić information content (AvgIpc) is 2.36. The molecule has 1 aromatic rings. The number of ether oxygens (including phenoxy) is 1. The lowest BCUT2D eigenvalue weighted by Gasteiger charge is -2.24. The molecule has 0 saturated carbocycles. The maximum atomic E-state index is 12.5. The van der Waals surface area contributed by atoms with Gasteiger partial charge in [0.05, 0.1) is 11.6 Å². The van der Waals surface area contributed by atoms with E-state index in [-0.39, 0.29) is 5.91 Å². The van der Waals surface area contributed by atoms with Crippen LogP contribution in [0, 0.1) is 9.49 Å². The van der Waals surface area contributed by atoms with Crippen molar-refractivity contribution < 1.29 is 9.53 Å². The van der Waals surface area contributed by atoms with Crippen molar-refractivity contribution in [1.82, 2.24) is 4.90 Å². The first-order valence-corrected chi connectivity index (χ1v) is 7.64. The van der Waals surface area contributed by atoms with Crippen LogP contribution in [0.15, 0.2) is 18.2 Å². The van der Waals surface area contributed by atoms with Gasteiger partial charge < -0.3 is 9.64 Å². The summed E-state index contributed by atoms with van der Waals surface area (Å²) in [7, 11) is 1.64. The highest BCUT2D eigenvalue weighted by molar-refractivity contribution is 14.1. The first-order chi connectivity index (χ1) is 8.95. The second-order valence-corrected chi connectivity index (χ2v) is 6.34. The van der Waals surface area contributed by atoms with Gasteiger partial charge in [-0.25, -0.2) is 0 Å². The largest absolute Gasteiger partial charge is 0.383 e. The van der Waals surface area contributed by atoms with Crippen LogP contribution >= 0.6 is 34.2 Å². The zero-order valence-corrected chi connectivity index (χ0v) is 14.4. The first-order valence-electron chi connectivity index (χ1n) is 6.19. The summed E-state index contributed by atoms with van der Waals surface area (Å²) in [4.78, 5) is 14.3. The van der Waals surface area contributed by atoms with E-state index in [0.29, 0.717) is 36.2 Å². The molecule has 0 fully saturated rings. The van der Waals surface area contributed by atoms with Crippen molar-refractivity contribution in [1.29, 1.82) is 0 Å². The lowest BCUT2D eigenvalue weighted by molar-refractivity contribution is 0.0672. The summed E-state index contributed by atoms with van der Waals surface area (Å²) in [5.74, 6) is 0.421. The Morgan fingerprint density at radius 1 is 1.47 bits per heavy atom. The molecule has 0 radical (unpaired) electrons. The van der Waals surface area contributed by atoms with Gasteiger partial charge in [0, 0.05) is 29.3 Å². The van der Waals surface area contributed by atoms with Crippen LogP contribution in [0.25, 0.3) is 0 Å². The van der Waals surface area contributed by atoms with Crippen LogP contribution in [0.4, 0.5) is 0 Å². The van der Waals surface area contributed by atoms with Gasteiger partial charge in [-0.15, -0.1) is 0 Å². The Morgan fingerprint density at radius 3 is 2.68 bits per heavy atom. The van der Waals surface area contributed by atoms with Gasteiger partial charge in [-0.2, -0.15) is 0 Å². The fraction of sp³-hybridized carbons (Fsp3) is 0.500. The Hall–Kier alpha value is -0.330. The molecular weight excluding hydrogens is 377 g/mol. The van der Waals surface area contributed by atoms with Crippen LogP contribution in [0.5, 0.6) is 0 Å². The number of carbonyl (C=O) groups excluding carboxylic acids is 1. The van der Waals surface area contributed by atoms with E-state index in [1.54, 1.807) is 13.2 Å². The molecule has 3 nitrogen and oxygen atoms in total. The van der Waals surface area contributed by atoms with Crippen LogP contribution in [0.2, 0.25) is 5.02 Å². The number of rotatable bonds is 6. The second-order valence-electron chi connectivity index (χ2n) is 4.77. The monoisotopic (exact) mass is 395 g/mol. The molecule has 0 saturated heterocycles. The molecule has 106 valence electrons. The number of carbonyl (C=O) groups is 1. The van der Waals surface area contributed by atoms with Gasteiger partial charge in [-0.05, 0) is 46.7 Å². The summed E-state index contributed by atoms with van der Waals surface area (Å²) >= 11 is 8.22. The molecule has 0 atom stereocenters. The normalized spacial score (nSPS) is 10.8. The van der Waals surface area contributed by atoms with Crippen molar-refractivity contribution in [2.45, 2.75) is 13.8 Å². The Labute approximate surface area is 133 Å². The molecule has 0 heterocycles. The maximum absolute atomic E-state index is 12.5. The van der Waals surface area contributed by atoms with E-state index in [9.17, 15) is 4.79 Å². The minimum absolute atomic E-state index is 0.00375. The summed E-state index contributed by atoms with van der Waals surface area (Å²) in [5, 5.41) is 0.614. The fourth-order valence-electron chi connectivity index (χ4n) is 1.73. The maximum Gasteiger partial charge on any atom is 0.253 e. The summed E-state index contributed by atoms with van der Waals surface area (Å²) in [6, 6.07) is 5.40. The van der Waals surface area contributed by atoms with Crippen LogP contribution in [-0.4, -0.2) is 37.6 Å². The fourth-order valence-corrected chi connectivity index (χ4v) is 2.25. The number of halogens is 2. The second kappa shape index (κ2) is 8.07. The zero-order valence-electron chi connectivity index (χ0n) is 11.5. The third-order valence-electron chi connectivity index (χ3n) is 2.60. The Morgan fingerprint density at radius 2 is 2.16 bits per heavy atom. The quantitative estimate of drug-likeness (QED) is 0.688. The van der Waals surface area contributed by atoms with E-state index < -0.39 is 0 Å². The summed E-state index contributed by atoms with van der Waals surface area (Å²) in [6.45, 7) is 6.03. The smallest absolute Gasteiger partial charge is 0.253 e. The van der Waals surface area contributed by atoms with E-state index >= 15 is 0 Å². The van der Waals surface area contributed by atoms with Crippen molar-refractivity contribution in [3.8, 4) is 0 Å². The van der Waals surface area contributed by atoms with Crippen LogP contribution in [0.1, 0.15) is 24.2 Å². The topological polar surface area (TPSA) is 29.5 Å². The van der Waals surface area contributed by atoms with Crippen LogP contribution in [-0.2, 0) is 4.74 Å². The van der Waals surface area contributed by atoms with Gasteiger partial charge >= 0.3 is 0 Å². The Kier molecular flexibility index (Phi) is 7.10. The number of hydrogen-bond acceptors (Lipinski definition) is 2. The Balaban J connectivity index is 2.87. The van der Waals surface area contributed by atoms with Gasteiger partial charge in [0.2, 0.25) is 0 Å².